The summed E-state index contributed by atoms with van der Waals surface area (Å²) in [5, 5.41) is 18.5. The zero-order valence-electron chi connectivity index (χ0n) is 31.2. The quantitative estimate of drug-likeness (QED) is 0.124. The fourth-order valence-corrected chi connectivity index (χ4v) is 8.54. The molecule has 2 heterocycles. The van der Waals surface area contributed by atoms with E-state index in [4.69, 9.17) is 11.5 Å². The van der Waals surface area contributed by atoms with Crippen LogP contribution in [0.15, 0.2) is 54.6 Å². The zero-order valence-corrected chi connectivity index (χ0v) is 31.2. The molecule has 8 unspecified atom stereocenters. The normalized spacial score (nSPS) is 26.4. The minimum Gasteiger partial charge on any atom is -0.395 e. The summed E-state index contributed by atoms with van der Waals surface area (Å²) in [4.78, 5) is 60.3. The lowest BCUT2D eigenvalue weighted by atomic mass is 9.91. The van der Waals surface area contributed by atoms with E-state index in [9.17, 15) is 24.3 Å². The molecule has 0 radical (unpaired) electrons. The first kappa shape index (κ1) is 39.6. The summed E-state index contributed by atoms with van der Waals surface area (Å²) in [6, 6.07) is 6.31. The highest BCUT2D eigenvalue weighted by molar-refractivity contribution is 5.95. The highest BCUT2D eigenvalue weighted by Gasteiger charge is 2.50. The number of piperazine rings is 1. The van der Waals surface area contributed by atoms with Crippen LogP contribution in [0.4, 0.5) is 0 Å². The minimum absolute atomic E-state index is 0.0238. The molecule has 4 aliphatic rings. The van der Waals surface area contributed by atoms with Gasteiger partial charge >= 0.3 is 0 Å². The number of aliphatic hydroxyl groups is 1. The first-order valence-corrected chi connectivity index (χ1v) is 19.4. The number of aliphatic hydroxyl groups excluding tert-OH is 1. The number of amides is 4. The number of fused-ring (bicyclic) bond motifs is 2. The molecule has 0 aromatic heterocycles. The number of rotatable bonds is 19. The van der Waals surface area contributed by atoms with Gasteiger partial charge in [-0.25, -0.2) is 0 Å². The molecule has 4 amide bonds. The maximum Gasteiger partial charge on any atom is 0.245 e. The monoisotopic (exact) mass is 719 g/mol. The van der Waals surface area contributed by atoms with E-state index in [1.165, 1.54) is 0 Å². The van der Waals surface area contributed by atoms with E-state index < -0.39 is 41.9 Å². The van der Waals surface area contributed by atoms with Crippen LogP contribution in [-0.4, -0.2) is 108 Å². The molecule has 12 heteroatoms. The Morgan fingerprint density at radius 3 is 2.29 bits per heavy atom. The third kappa shape index (κ3) is 10.3. The van der Waals surface area contributed by atoms with Crippen LogP contribution < -0.4 is 27.4 Å². The maximum atomic E-state index is 14.3. The molecule has 12 nitrogen and oxygen atoms in total. The van der Waals surface area contributed by atoms with Crippen molar-refractivity contribution >= 4 is 23.6 Å². The molecule has 286 valence electrons. The molecule has 2 aliphatic carbocycles. The van der Waals surface area contributed by atoms with Gasteiger partial charge in [0.25, 0.3) is 0 Å². The lowest BCUT2D eigenvalue weighted by Gasteiger charge is -2.37. The van der Waals surface area contributed by atoms with Gasteiger partial charge in [-0.3, -0.25) is 24.1 Å². The molecule has 10 atom stereocenters. The highest BCUT2D eigenvalue weighted by Crippen LogP contribution is 2.48. The molecule has 5 rings (SSSR count). The summed E-state index contributed by atoms with van der Waals surface area (Å²) in [5.41, 5.74) is 13.1. The molecule has 1 aromatic carbocycles. The second-order valence-electron chi connectivity index (χ2n) is 15.9. The Bertz CT molecular complexity index is 1440. The average molecular weight is 720 g/mol. The molecular formula is C40H61N7O5. The maximum absolute atomic E-state index is 14.3. The van der Waals surface area contributed by atoms with Crippen LogP contribution in [0.25, 0.3) is 0 Å². The highest BCUT2D eigenvalue weighted by atomic mass is 16.3. The molecule has 1 aromatic rings. The van der Waals surface area contributed by atoms with Crippen molar-refractivity contribution in [3.63, 3.8) is 0 Å². The lowest BCUT2D eigenvalue weighted by molar-refractivity contribution is -0.141. The standard InChI is InChI=1S/C40H61N7O5/c1-25(2)18-34(44-38(50)35(20-28-12-8-5-9-13-28)43-37(49)33(42)19-27-10-6-4-7-11-27)39(51)45-36(26(3)32-21-29(32)14-15-41)40(52)47-24-30-22-31(47)23-46(30)16-17-48/h4-12,25-26,28-36,48H,13-24,41-42H2,1-3H3,(H,43,49)(H,44,50)(H,45,51)/t26-,28?,29-,30?,31?,32?,33?,34?,35?,36?/m0/s1. The number of allylic oxidation sites excluding steroid dienone is 4. The Hall–Kier alpha value is -3.58. The van der Waals surface area contributed by atoms with Crippen LogP contribution in [0.2, 0.25) is 0 Å². The third-order valence-corrected chi connectivity index (χ3v) is 11.5. The Morgan fingerprint density at radius 2 is 1.65 bits per heavy atom. The van der Waals surface area contributed by atoms with Crippen LogP contribution in [0.3, 0.4) is 0 Å². The molecule has 3 fully saturated rings. The van der Waals surface area contributed by atoms with E-state index >= 15 is 0 Å². The number of carbonyl (C=O) groups excluding carboxylic acids is 4. The van der Waals surface area contributed by atoms with Crippen LogP contribution in [0.1, 0.15) is 64.9 Å². The van der Waals surface area contributed by atoms with Crippen LogP contribution >= 0.6 is 0 Å². The predicted octanol–water partition coefficient (Wildman–Crippen LogP) is 1.48. The van der Waals surface area contributed by atoms with E-state index in [0.29, 0.717) is 51.4 Å². The smallest absolute Gasteiger partial charge is 0.245 e. The number of hydrogen-bond donors (Lipinski definition) is 6. The molecule has 2 aliphatic heterocycles. The van der Waals surface area contributed by atoms with Crippen LogP contribution in [0, 0.1) is 29.6 Å². The number of likely N-dealkylation sites (tertiary alicyclic amines) is 2. The van der Waals surface area contributed by atoms with Crippen molar-refractivity contribution in [1.29, 1.82) is 0 Å². The summed E-state index contributed by atoms with van der Waals surface area (Å²) < 4.78 is 0. The van der Waals surface area contributed by atoms with Crippen molar-refractivity contribution in [2.75, 3.05) is 32.8 Å². The van der Waals surface area contributed by atoms with Gasteiger partial charge in [0, 0.05) is 31.7 Å². The molecule has 2 bridgehead atoms. The van der Waals surface area contributed by atoms with Gasteiger partial charge < -0.3 is 37.4 Å². The Labute approximate surface area is 309 Å². The third-order valence-electron chi connectivity index (χ3n) is 11.5. The number of nitrogens with zero attached hydrogens (tertiary/aromatic N) is 2. The van der Waals surface area contributed by atoms with E-state index in [1.54, 1.807) is 0 Å². The summed E-state index contributed by atoms with van der Waals surface area (Å²) in [5.74, 6) is -0.695. The minimum atomic E-state index is -0.917. The second kappa shape index (κ2) is 18.4. The van der Waals surface area contributed by atoms with Crippen LogP contribution in [0.5, 0.6) is 0 Å². The van der Waals surface area contributed by atoms with Gasteiger partial charge in [0.2, 0.25) is 23.6 Å². The van der Waals surface area contributed by atoms with Crippen molar-refractivity contribution in [3.8, 4) is 0 Å². The van der Waals surface area contributed by atoms with Crippen molar-refractivity contribution in [2.45, 2.75) is 102 Å². The van der Waals surface area contributed by atoms with Gasteiger partial charge in [-0.2, -0.15) is 0 Å². The molecule has 0 spiro atoms. The Balaban J connectivity index is 1.30. The van der Waals surface area contributed by atoms with Gasteiger partial charge in [0.05, 0.1) is 12.6 Å². The number of β-amino-alcohol motifs (C(OH)–C–C–N with tert-alkyl or cyclic N) is 1. The van der Waals surface area contributed by atoms with E-state index in [1.807, 2.05) is 80.3 Å². The van der Waals surface area contributed by atoms with Gasteiger partial charge in [0.1, 0.15) is 18.1 Å². The Morgan fingerprint density at radius 1 is 0.923 bits per heavy atom. The van der Waals surface area contributed by atoms with E-state index in [-0.39, 0.29) is 48.3 Å². The molecule has 2 saturated heterocycles. The van der Waals surface area contributed by atoms with Crippen molar-refractivity contribution in [1.82, 2.24) is 25.8 Å². The second-order valence-corrected chi connectivity index (χ2v) is 15.9. The number of nitrogens with one attached hydrogen (secondary N) is 3. The van der Waals surface area contributed by atoms with E-state index in [0.717, 1.165) is 31.2 Å². The largest absolute Gasteiger partial charge is 0.395 e. The lowest BCUT2D eigenvalue weighted by Crippen LogP contribution is -2.61. The van der Waals surface area contributed by atoms with Crippen molar-refractivity contribution in [3.05, 3.63) is 60.2 Å². The first-order valence-electron chi connectivity index (χ1n) is 19.4. The molecule has 1 saturated carbocycles. The molecular weight excluding hydrogens is 658 g/mol. The number of nitrogens with two attached hydrogens (primary N) is 2. The summed E-state index contributed by atoms with van der Waals surface area (Å²) in [7, 11) is 0. The number of hydrogen-bond acceptors (Lipinski definition) is 8. The SMILES string of the molecule is CC(C)CC(NC(=O)C(CC1C=CC=CC1)NC(=O)C(N)Cc1ccccc1)C(=O)NC(C(=O)N1CC2CC1CN2CCO)[C@@H](C)C1C[C@@H]1CCN. The molecule has 52 heavy (non-hydrogen) atoms. The number of benzene rings is 1. The van der Waals surface area contributed by atoms with Crippen LogP contribution in [-0.2, 0) is 25.6 Å². The number of carbonyl (C=O) groups is 4. The van der Waals surface area contributed by atoms with Crippen molar-refractivity contribution < 1.29 is 24.3 Å². The van der Waals surface area contributed by atoms with Crippen molar-refractivity contribution in [2.24, 2.45) is 41.1 Å². The molecule has 8 N–H and O–H groups in total. The van der Waals surface area contributed by atoms with E-state index in [2.05, 4.69) is 20.9 Å². The fourth-order valence-electron chi connectivity index (χ4n) is 8.54. The summed E-state index contributed by atoms with van der Waals surface area (Å²) >= 11 is 0. The van der Waals surface area contributed by atoms with Gasteiger partial charge in [-0.05, 0) is 86.6 Å². The Kier molecular flexibility index (Phi) is 14.1. The summed E-state index contributed by atoms with van der Waals surface area (Å²) in [6.07, 6.45) is 12.4. The summed E-state index contributed by atoms with van der Waals surface area (Å²) in [6.45, 7) is 8.56. The van der Waals surface area contributed by atoms with Gasteiger partial charge in [-0.15, -0.1) is 0 Å². The topological polar surface area (TPSA) is 183 Å². The average Bonchev–Trinajstić information content (AvgIpc) is 3.61. The zero-order chi connectivity index (χ0) is 37.4. The van der Waals surface area contributed by atoms with Gasteiger partial charge in [0.15, 0.2) is 0 Å². The fraction of sp³-hybridized carbons (Fsp3) is 0.650. The predicted molar refractivity (Wildman–Crippen MR) is 201 cm³/mol. The first-order chi connectivity index (χ1) is 25.0. The van der Waals surface area contributed by atoms with Gasteiger partial charge in [-0.1, -0.05) is 75.4 Å².